The molecule has 3 saturated heterocycles. The summed E-state index contributed by atoms with van der Waals surface area (Å²) in [6, 6.07) is 14.7. The van der Waals surface area contributed by atoms with E-state index in [-0.39, 0.29) is 5.48 Å². The van der Waals surface area contributed by atoms with E-state index in [9.17, 15) is 19.5 Å². The number of likely N-dealkylation sites (N-methyl/N-ethyl adjacent to an activating group) is 1. The van der Waals surface area contributed by atoms with Crippen molar-refractivity contribution in [3.8, 4) is 0 Å². The predicted octanol–water partition coefficient (Wildman–Crippen LogP) is 2.16. The Morgan fingerprint density at radius 1 is 0.921 bits per heavy atom. The van der Waals surface area contributed by atoms with Crippen LogP contribution in [0.25, 0.3) is 0 Å². The van der Waals surface area contributed by atoms with Gasteiger partial charge in [0, 0.05) is 13.1 Å². The van der Waals surface area contributed by atoms with Crippen LogP contribution < -0.4 is 0 Å². The van der Waals surface area contributed by atoms with Crippen molar-refractivity contribution in [2.45, 2.75) is 69.7 Å². The molecule has 10 nitrogen and oxygen atoms in total. The third-order valence-corrected chi connectivity index (χ3v) is 7.94. The zero-order chi connectivity index (χ0) is 26.5. The molecule has 0 aliphatic carbocycles. The van der Waals surface area contributed by atoms with Crippen molar-refractivity contribution in [3.05, 3.63) is 70.8 Å². The average Bonchev–Trinajstić information content (AvgIpc) is 3.33. The summed E-state index contributed by atoms with van der Waals surface area (Å²) >= 11 is 0. The Kier molecular flexibility index (Phi) is 7.26. The lowest BCUT2D eigenvalue weighted by atomic mass is 9.75. The Balaban J connectivity index is 0.00000336. The van der Waals surface area contributed by atoms with E-state index >= 15 is 0 Å². The Morgan fingerprint density at radius 3 is 1.92 bits per heavy atom. The number of esters is 2. The number of rotatable bonds is 5. The van der Waals surface area contributed by atoms with E-state index in [0.29, 0.717) is 13.0 Å². The van der Waals surface area contributed by atoms with Crippen molar-refractivity contribution in [2.24, 2.45) is 0 Å². The second-order valence-corrected chi connectivity index (χ2v) is 10.3. The standard InChI is InChI=1S/C28H32N2O7.H2O/c1-17-8-12-20(13-9-17)27(34,21-14-10-18(2)11-15-21)22-7-5-6-16-30(22)19(3)23-28(29(4)26(33)35-23)36-24(31)25(32)37-28;/h8-15,19,22-23,34H,5-7,16H2,1-4H3;1H2. The van der Waals surface area contributed by atoms with Gasteiger partial charge in [0.25, 0.3) is 0 Å². The molecule has 2 aromatic carbocycles. The van der Waals surface area contributed by atoms with E-state index in [1.54, 1.807) is 0 Å². The number of piperidine rings is 1. The molecule has 3 fully saturated rings. The fourth-order valence-corrected chi connectivity index (χ4v) is 5.84. The molecule has 3 heterocycles. The number of ether oxygens (including phenoxy) is 3. The fourth-order valence-electron chi connectivity index (χ4n) is 5.84. The molecular weight excluding hydrogens is 492 g/mol. The van der Waals surface area contributed by atoms with Crippen molar-refractivity contribution in [3.63, 3.8) is 0 Å². The van der Waals surface area contributed by atoms with Crippen LogP contribution in [0.3, 0.4) is 0 Å². The van der Waals surface area contributed by atoms with Gasteiger partial charge < -0.3 is 24.8 Å². The zero-order valence-corrected chi connectivity index (χ0v) is 22.0. The summed E-state index contributed by atoms with van der Waals surface area (Å²) in [4.78, 5) is 39.7. The van der Waals surface area contributed by atoms with Crippen LogP contribution in [-0.4, -0.2) is 76.1 Å². The molecule has 1 amide bonds. The second-order valence-electron chi connectivity index (χ2n) is 10.3. The number of carbonyl (C=O) groups excluding carboxylic acids is 3. The summed E-state index contributed by atoms with van der Waals surface area (Å²) in [5.74, 6) is -4.33. The smallest absolute Gasteiger partial charge is 0.422 e. The van der Waals surface area contributed by atoms with Crippen LogP contribution in [0.5, 0.6) is 0 Å². The molecule has 38 heavy (non-hydrogen) atoms. The van der Waals surface area contributed by atoms with Crippen LogP contribution in [0.15, 0.2) is 48.5 Å². The molecule has 1 spiro atoms. The Hall–Kier alpha value is -3.47. The van der Waals surface area contributed by atoms with Crippen LogP contribution in [-0.2, 0) is 29.4 Å². The zero-order valence-electron chi connectivity index (χ0n) is 22.0. The highest BCUT2D eigenvalue weighted by Gasteiger charge is 2.68. The summed E-state index contributed by atoms with van der Waals surface area (Å²) in [6.45, 7) is 6.43. The SMILES string of the molecule is Cc1ccc(C(O)(c2ccc(C)cc2)C2CCCCN2C(C)C2OC(=O)N(C)C23OC(=O)C(=O)O3)cc1.O. The van der Waals surface area contributed by atoms with Gasteiger partial charge >= 0.3 is 23.9 Å². The van der Waals surface area contributed by atoms with Crippen LogP contribution in [0.4, 0.5) is 4.79 Å². The Labute approximate surface area is 221 Å². The minimum atomic E-state index is -1.99. The molecule has 3 aliphatic rings. The van der Waals surface area contributed by atoms with Gasteiger partial charge in [-0.25, -0.2) is 19.3 Å². The van der Waals surface area contributed by atoms with E-state index < -0.39 is 47.7 Å². The van der Waals surface area contributed by atoms with Gasteiger partial charge in [-0.05, 0) is 51.3 Å². The number of benzene rings is 2. The molecule has 3 N–H and O–H groups in total. The second kappa shape index (κ2) is 10.0. The lowest BCUT2D eigenvalue weighted by Crippen LogP contribution is -2.63. The highest BCUT2D eigenvalue weighted by Crippen LogP contribution is 2.44. The number of amides is 1. The monoisotopic (exact) mass is 526 g/mol. The van der Waals surface area contributed by atoms with E-state index in [2.05, 4.69) is 4.90 Å². The number of aliphatic hydroxyl groups is 1. The average molecular weight is 527 g/mol. The predicted molar refractivity (Wildman–Crippen MR) is 136 cm³/mol. The van der Waals surface area contributed by atoms with Crippen LogP contribution in [0.1, 0.15) is 48.4 Å². The molecule has 5 rings (SSSR count). The minimum Gasteiger partial charge on any atom is -0.433 e. The number of carbonyl (C=O) groups is 3. The molecular formula is C28H34N2O8. The van der Waals surface area contributed by atoms with Crippen molar-refractivity contribution in [2.75, 3.05) is 13.6 Å². The fraction of sp³-hybridized carbons (Fsp3) is 0.464. The van der Waals surface area contributed by atoms with Crippen LogP contribution in [0, 0.1) is 13.8 Å². The Morgan fingerprint density at radius 2 is 1.42 bits per heavy atom. The van der Waals surface area contributed by atoms with Gasteiger partial charge in [0.1, 0.15) is 5.60 Å². The first-order chi connectivity index (χ1) is 17.6. The number of aryl methyl sites for hydroxylation is 2. The molecule has 0 bridgehead atoms. The molecule has 3 unspecified atom stereocenters. The van der Waals surface area contributed by atoms with Gasteiger partial charge in [-0.2, -0.15) is 0 Å². The summed E-state index contributed by atoms with van der Waals surface area (Å²) in [6.07, 6.45) is 0.558. The van der Waals surface area contributed by atoms with Gasteiger partial charge in [-0.1, -0.05) is 66.1 Å². The maximum atomic E-state index is 12.6. The largest absolute Gasteiger partial charge is 0.433 e. The quantitative estimate of drug-likeness (QED) is 0.462. The van der Waals surface area contributed by atoms with Gasteiger partial charge in [-0.3, -0.25) is 4.90 Å². The number of hydrogen-bond acceptors (Lipinski definition) is 8. The van der Waals surface area contributed by atoms with E-state index in [4.69, 9.17) is 14.2 Å². The molecule has 0 saturated carbocycles. The first-order valence-electron chi connectivity index (χ1n) is 12.6. The van der Waals surface area contributed by atoms with Crippen molar-refractivity contribution in [1.29, 1.82) is 0 Å². The minimum absolute atomic E-state index is 0. The molecule has 0 aromatic heterocycles. The van der Waals surface area contributed by atoms with Crippen LogP contribution in [0.2, 0.25) is 0 Å². The molecule has 3 atom stereocenters. The van der Waals surface area contributed by atoms with E-state index in [0.717, 1.165) is 40.0 Å². The topological polar surface area (TPSA) is 137 Å². The first-order valence-corrected chi connectivity index (χ1v) is 12.6. The third kappa shape index (κ3) is 4.22. The highest BCUT2D eigenvalue weighted by molar-refractivity contribution is 6.31. The van der Waals surface area contributed by atoms with Gasteiger partial charge in [-0.15, -0.1) is 0 Å². The molecule has 3 aliphatic heterocycles. The number of cyclic esters (lactones) is 1. The number of nitrogens with zero attached hydrogens (tertiary/aromatic N) is 2. The molecule has 2 aromatic rings. The number of likely N-dealkylation sites (tertiary alicyclic amines) is 1. The highest BCUT2D eigenvalue weighted by atomic mass is 16.8. The normalized spacial score (nSPS) is 24.0. The van der Waals surface area contributed by atoms with E-state index in [1.165, 1.54) is 7.05 Å². The molecule has 0 radical (unpaired) electrons. The van der Waals surface area contributed by atoms with Gasteiger partial charge in [0.05, 0.1) is 6.04 Å². The van der Waals surface area contributed by atoms with Crippen LogP contribution >= 0.6 is 0 Å². The summed E-state index contributed by atoms with van der Waals surface area (Å²) in [7, 11) is 1.36. The summed E-state index contributed by atoms with van der Waals surface area (Å²) < 4.78 is 16.3. The number of hydrogen-bond donors (Lipinski definition) is 1. The molecule has 10 heteroatoms. The maximum absolute atomic E-state index is 12.6. The van der Waals surface area contributed by atoms with E-state index in [1.807, 2.05) is 69.3 Å². The third-order valence-electron chi connectivity index (χ3n) is 7.94. The Bertz CT molecular complexity index is 1150. The first kappa shape index (κ1) is 27.6. The lowest BCUT2D eigenvalue weighted by Gasteiger charge is -2.49. The summed E-state index contributed by atoms with van der Waals surface area (Å²) in [5, 5.41) is 12.6. The van der Waals surface area contributed by atoms with Gasteiger partial charge in [0.15, 0.2) is 0 Å². The molecule has 204 valence electrons. The van der Waals surface area contributed by atoms with Crippen molar-refractivity contribution in [1.82, 2.24) is 9.80 Å². The van der Waals surface area contributed by atoms with Crippen molar-refractivity contribution >= 4 is 18.0 Å². The maximum Gasteiger partial charge on any atom is 0.422 e. The van der Waals surface area contributed by atoms with Gasteiger partial charge in [0.2, 0.25) is 6.10 Å². The summed E-state index contributed by atoms with van der Waals surface area (Å²) in [5.41, 5.74) is 2.27. The van der Waals surface area contributed by atoms with Crippen molar-refractivity contribution < 1.29 is 39.2 Å². The lowest BCUT2D eigenvalue weighted by molar-refractivity contribution is -0.252.